The SMILES string of the molecule is Cc1ccc(CN2CCC(Cc3ccc(C(=O)NC4CC4)cc3)CC2)s1. The lowest BCUT2D eigenvalue weighted by atomic mass is 9.90. The zero-order chi connectivity index (χ0) is 17.9. The highest BCUT2D eigenvalue weighted by atomic mass is 32.1. The van der Waals surface area contributed by atoms with E-state index in [4.69, 9.17) is 0 Å². The van der Waals surface area contributed by atoms with Gasteiger partial charge in [-0.15, -0.1) is 11.3 Å². The molecule has 1 aromatic carbocycles. The Morgan fingerprint density at radius 3 is 2.42 bits per heavy atom. The summed E-state index contributed by atoms with van der Waals surface area (Å²) in [5.41, 5.74) is 2.15. The molecule has 138 valence electrons. The molecular formula is C22H28N2OS. The van der Waals surface area contributed by atoms with Gasteiger partial charge in [0.05, 0.1) is 0 Å². The van der Waals surface area contributed by atoms with Gasteiger partial charge in [0.15, 0.2) is 0 Å². The Kier molecular flexibility index (Phi) is 5.41. The van der Waals surface area contributed by atoms with E-state index in [2.05, 4.69) is 41.4 Å². The van der Waals surface area contributed by atoms with E-state index in [1.165, 1.54) is 41.2 Å². The van der Waals surface area contributed by atoms with Crippen LogP contribution in [0.25, 0.3) is 0 Å². The Hall–Kier alpha value is -1.65. The van der Waals surface area contributed by atoms with E-state index < -0.39 is 0 Å². The molecule has 1 saturated carbocycles. The second-order valence-electron chi connectivity index (χ2n) is 7.88. The maximum absolute atomic E-state index is 12.1. The van der Waals surface area contributed by atoms with Gasteiger partial charge >= 0.3 is 0 Å². The molecule has 2 aromatic rings. The fraction of sp³-hybridized carbons (Fsp3) is 0.500. The molecule has 2 fully saturated rings. The lowest BCUT2D eigenvalue weighted by Gasteiger charge is -2.31. The number of amides is 1. The molecule has 0 radical (unpaired) electrons. The van der Waals surface area contributed by atoms with Crippen LogP contribution in [0.15, 0.2) is 36.4 Å². The summed E-state index contributed by atoms with van der Waals surface area (Å²) in [7, 11) is 0. The van der Waals surface area contributed by atoms with Crippen LogP contribution in [0.1, 0.15) is 51.4 Å². The van der Waals surface area contributed by atoms with E-state index in [0.717, 1.165) is 37.3 Å². The van der Waals surface area contributed by atoms with Gasteiger partial charge in [0.2, 0.25) is 0 Å². The highest BCUT2D eigenvalue weighted by molar-refractivity contribution is 7.11. The number of nitrogens with one attached hydrogen (secondary N) is 1. The number of nitrogens with zero attached hydrogens (tertiary/aromatic N) is 1. The lowest BCUT2D eigenvalue weighted by molar-refractivity contribution is 0.0951. The highest BCUT2D eigenvalue weighted by Crippen LogP contribution is 2.25. The monoisotopic (exact) mass is 368 g/mol. The van der Waals surface area contributed by atoms with Crippen LogP contribution in [0, 0.1) is 12.8 Å². The number of hydrogen-bond acceptors (Lipinski definition) is 3. The van der Waals surface area contributed by atoms with Gasteiger partial charge < -0.3 is 5.32 Å². The van der Waals surface area contributed by atoms with Crippen molar-refractivity contribution in [2.75, 3.05) is 13.1 Å². The minimum atomic E-state index is 0.0798. The van der Waals surface area contributed by atoms with Crippen LogP contribution < -0.4 is 5.32 Å². The first-order valence-corrected chi connectivity index (χ1v) is 10.6. The Labute approximate surface area is 160 Å². The van der Waals surface area contributed by atoms with Crippen LogP contribution in [0.4, 0.5) is 0 Å². The molecule has 1 amide bonds. The first kappa shape index (κ1) is 17.7. The molecule has 4 heteroatoms. The molecule has 1 N–H and O–H groups in total. The molecule has 0 unspecified atom stereocenters. The van der Waals surface area contributed by atoms with Crippen molar-refractivity contribution >= 4 is 17.2 Å². The fourth-order valence-corrected chi connectivity index (χ4v) is 4.69. The summed E-state index contributed by atoms with van der Waals surface area (Å²) in [6, 6.07) is 13.2. The standard InChI is InChI=1S/C22H28N2OS/c1-16-2-9-21(26-16)15-24-12-10-18(11-13-24)14-17-3-5-19(6-4-17)22(25)23-20-7-8-20/h2-6,9,18,20H,7-8,10-15H2,1H3,(H,23,25). The van der Waals surface area contributed by atoms with E-state index in [-0.39, 0.29) is 5.91 Å². The number of rotatable bonds is 6. The number of thiophene rings is 1. The summed E-state index contributed by atoms with van der Waals surface area (Å²) in [4.78, 5) is 17.6. The third-order valence-electron chi connectivity index (χ3n) is 5.54. The van der Waals surface area contributed by atoms with Crippen LogP contribution in [-0.4, -0.2) is 29.9 Å². The number of aryl methyl sites for hydroxylation is 1. The summed E-state index contributed by atoms with van der Waals surface area (Å²) in [5.74, 6) is 0.846. The van der Waals surface area contributed by atoms with Crippen LogP contribution in [0.2, 0.25) is 0 Å². The van der Waals surface area contributed by atoms with Gasteiger partial charge in [-0.05, 0) is 87.9 Å². The molecule has 0 bridgehead atoms. The Bertz CT molecular complexity index is 740. The van der Waals surface area contributed by atoms with Gasteiger partial charge in [0.25, 0.3) is 5.91 Å². The predicted molar refractivity (Wildman–Crippen MR) is 108 cm³/mol. The first-order valence-electron chi connectivity index (χ1n) is 9.83. The number of benzene rings is 1. The smallest absolute Gasteiger partial charge is 0.251 e. The molecule has 3 nitrogen and oxygen atoms in total. The van der Waals surface area contributed by atoms with Crippen molar-refractivity contribution in [2.45, 2.75) is 51.6 Å². The first-order chi connectivity index (χ1) is 12.7. The highest BCUT2D eigenvalue weighted by Gasteiger charge is 2.24. The Morgan fingerprint density at radius 1 is 1.08 bits per heavy atom. The summed E-state index contributed by atoms with van der Waals surface area (Å²) >= 11 is 1.92. The molecule has 1 aromatic heterocycles. The van der Waals surface area contributed by atoms with Crippen LogP contribution in [0.3, 0.4) is 0 Å². The van der Waals surface area contributed by atoms with Gasteiger partial charge in [-0.3, -0.25) is 9.69 Å². The average Bonchev–Trinajstić information content (AvgIpc) is 3.37. The summed E-state index contributed by atoms with van der Waals surface area (Å²) in [5, 5.41) is 3.05. The molecule has 1 aliphatic carbocycles. The van der Waals surface area contributed by atoms with Crippen molar-refractivity contribution in [3.05, 3.63) is 57.3 Å². The molecule has 2 heterocycles. The zero-order valence-corrected chi connectivity index (χ0v) is 16.4. The molecule has 1 aliphatic heterocycles. The van der Waals surface area contributed by atoms with E-state index in [1.807, 2.05) is 23.5 Å². The van der Waals surface area contributed by atoms with Gasteiger partial charge in [0.1, 0.15) is 0 Å². The summed E-state index contributed by atoms with van der Waals surface area (Å²) in [6.07, 6.45) is 5.95. The minimum absolute atomic E-state index is 0.0798. The van der Waals surface area contributed by atoms with Crippen molar-refractivity contribution in [1.82, 2.24) is 10.2 Å². The zero-order valence-electron chi connectivity index (χ0n) is 15.5. The maximum atomic E-state index is 12.1. The second-order valence-corrected chi connectivity index (χ2v) is 9.25. The molecule has 0 atom stereocenters. The quantitative estimate of drug-likeness (QED) is 0.819. The Morgan fingerprint density at radius 2 is 1.81 bits per heavy atom. The predicted octanol–water partition coefficient (Wildman–Crippen LogP) is 4.40. The normalized spacial score (nSPS) is 18.8. The number of piperidine rings is 1. The summed E-state index contributed by atoms with van der Waals surface area (Å²) in [6.45, 7) is 5.68. The van der Waals surface area contributed by atoms with Gasteiger partial charge in [-0.1, -0.05) is 12.1 Å². The lowest BCUT2D eigenvalue weighted by Crippen LogP contribution is -2.33. The minimum Gasteiger partial charge on any atom is -0.349 e. The van der Waals surface area contributed by atoms with Crippen molar-refractivity contribution in [3.8, 4) is 0 Å². The van der Waals surface area contributed by atoms with Crippen molar-refractivity contribution in [2.24, 2.45) is 5.92 Å². The Balaban J connectivity index is 1.24. The number of carbonyl (C=O) groups excluding carboxylic acids is 1. The van der Waals surface area contributed by atoms with Gasteiger partial charge in [-0.2, -0.15) is 0 Å². The molecule has 1 saturated heterocycles. The number of likely N-dealkylation sites (tertiary alicyclic amines) is 1. The van der Waals surface area contributed by atoms with Crippen molar-refractivity contribution < 1.29 is 4.79 Å². The topological polar surface area (TPSA) is 32.3 Å². The van der Waals surface area contributed by atoms with Crippen LogP contribution >= 0.6 is 11.3 Å². The summed E-state index contributed by atoms with van der Waals surface area (Å²) < 4.78 is 0. The fourth-order valence-electron chi connectivity index (χ4n) is 3.76. The van der Waals surface area contributed by atoms with E-state index >= 15 is 0 Å². The second kappa shape index (κ2) is 7.93. The van der Waals surface area contributed by atoms with Crippen molar-refractivity contribution in [1.29, 1.82) is 0 Å². The van der Waals surface area contributed by atoms with Gasteiger partial charge in [0, 0.05) is 27.9 Å². The van der Waals surface area contributed by atoms with E-state index in [0.29, 0.717) is 6.04 Å². The molecule has 4 rings (SSSR count). The van der Waals surface area contributed by atoms with Crippen molar-refractivity contribution in [3.63, 3.8) is 0 Å². The molecular weight excluding hydrogens is 340 g/mol. The molecule has 26 heavy (non-hydrogen) atoms. The number of hydrogen-bond donors (Lipinski definition) is 1. The van der Waals surface area contributed by atoms with Crippen LogP contribution in [0.5, 0.6) is 0 Å². The van der Waals surface area contributed by atoms with E-state index in [9.17, 15) is 4.79 Å². The molecule has 0 spiro atoms. The van der Waals surface area contributed by atoms with E-state index in [1.54, 1.807) is 0 Å². The third-order valence-corrected chi connectivity index (χ3v) is 6.52. The molecule has 2 aliphatic rings. The third kappa shape index (κ3) is 4.74. The maximum Gasteiger partial charge on any atom is 0.251 e. The van der Waals surface area contributed by atoms with Crippen LogP contribution in [-0.2, 0) is 13.0 Å². The van der Waals surface area contributed by atoms with Gasteiger partial charge in [-0.25, -0.2) is 0 Å². The average molecular weight is 369 g/mol. The largest absolute Gasteiger partial charge is 0.349 e. The number of carbonyl (C=O) groups is 1.